The lowest BCUT2D eigenvalue weighted by molar-refractivity contribution is -0.138. The first-order chi connectivity index (χ1) is 8.56. The van der Waals surface area contributed by atoms with Crippen LogP contribution in [0.5, 0.6) is 0 Å². The summed E-state index contributed by atoms with van der Waals surface area (Å²) < 4.78 is 4.89. The summed E-state index contributed by atoms with van der Waals surface area (Å²) in [5, 5.41) is 3.28. The van der Waals surface area contributed by atoms with Crippen LogP contribution in [0.3, 0.4) is 0 Å². The quantitative estimate of drug-likeness (QED) is 0.620. The van der Waals surface area contributed by atoms with Gasteiger partial charge >= 0.3 is 5.97 Å². The van der Waals surface area contributed by atoms with Crippen LogP contribution in [0.2, 0.25) is 0 Å². The van der Waals surface area contributed by atoms with Crippen molar-refractivity contribution in [3.05, 3.63) is 47.5 Å². The van der Waals surface area contributed by atoms with Crippen molar-refractivity contribution in [2.45, 2.75) is 26.8 Å². The van der Waals surface area contributed by atoms with Crippen LogP contribution in [0.25, 0.3) is 0 Å². The van der Waals surface area contributed by atoms with Crippen LogP contribution in [0, 0.1) is 6.92 Å². The van der Waals surface area contributed by atoms with E-state index in [1.807, 2.05) is 12.1 Å². The van der Waals surface area contributed by atoms with Crippen molar-refractivity contribution in [3.63, 3.8) is 0 Å². The molecule has 0 radical (unpaired) electrons. The van der Waals surface area contributed by atoms with Gasteiger partial charge in [-0.15, -0.1) is 0 Å². The van der Waals surface area contributed by atoms with Gasteiger partial charge in [0.1, 0.15) is 0 Å². The van der Waals surface area contributed by atoms with E-state index in [0.717, 1.165) is 0 Å². The molecular formula is C15H21NO2. The highest BCUT2D eigenvalue weighted by Crippen LogP contribution is 2.16. The lowest BCUT2D eigenvalue weighted by Crippen LogP contribution is -2.25. The summed E-state index contributed by atoms with van der Waals surface area (Å²) in [6.07, 6.45) is 0. The predicted molar refractivity (Wildman–Crippen MR) is 73.4 cm³/mol. The Balaban J connectivity index is 2.52. The number of carbonyl (C=O) groups excluding carboxylic acids is 1. The van der Waals surface area contributed by atoms with E-state index >= 15 is 0 Å². The van der Waals surface area contributed by atoms with Gasteiger partial charge in [0, 0.05) is 18.2 Å². The minimum absolute atomic E-state index is 0.178. The van der Waals surface area contributed by atoms with Crippen LogP contribution in [-0.4, -0.2) is 19.1 Å². The first kappa shape index (κ1) is 14.5. The molecule has 0 saturated heterocycles. The number of benzene rings is 1. The molecule has 1 aromatic rings. The van der Waals surface area contributed by atoms with Crippen LogP contribution in [0.15, 0.2) is 36.4 Å². The number of aryl methyl sites for hydroxylation is 1. The molecular weight excluding hydrogens is 226 g/mol. The van der Waals surface area contributed by atoms with Crippen molar-refractivity contribution in [2.24, 2.45) is 0 Å². The number of ether oxygens (including phenoxy) is 1. The lowest BCUT2D eigenvalue weighted by atomic mass is 10.0. The number of carbonyl (C=O) groups is 1. The van der Waals surface area contributed by atoms with Gasteiger partial charge in [-0.3, -0.25) is 0 Å². The third-order valence-electron chi connectivity index (χ3n) is 2.84. The second-order valence-electron chi connectivity index (χ2n) is 4.28. The molecule has 0 aliphatic carbocycles. The number of esters is 1. The van der Waals surface area contributed by atoms with Crippen LogP contribution in [0.1, 0.15) is 31.0 Å². The Morgan fingerprint density at radius 2 is 2.11 bits per heavy atom. The molecule has 3 heteroatoms. The van der Waals surface area contributed by atoms with Crippen LogP contribution < -0.4 is 5.32 Å². The minimum Gasteiger partial charge on any atom is -0.463 e. The van der Waals surface area contributed by atoms with E-state index in [1.165, 1.54) is 11.1 Å². The molecule has 0 bridgehead atoms. The fourth-order valence-electron chi connectivity index (χ4n) is 1.76. The van der Waals surface area contributed by atoms with E-state index in [0.29, 0.717) is 18.7 Å². The van der Waals surface area contributed by atoms with E-state index in [9.17, 15) is 4.79 Å². The summed E-state index contributed by atoms with van der Waals surface area (Å²) in [7, 11) is 0. The van der Waals surface area contributed by atoms with Crippen molar-refractivity contribution in [1.29, 1.82) is 0 Å². The maximum Gasteiger partial charge on any atom is 0.334 e. The number of nitrogens with one attached hydrogen (secondary N) is 1. The van der Waals surface area contributed by atoms with Gasteiger partial charge in [0.2, 0.25) is 0 Å². The zero-order valence-corrected chi connectivity index (χ0v) is 11.3. The molecule has 1 aromatic carbocycles. The molecule has 1 rings (SSSR count). The summed E-state index contributed by atoms with van der Waals surface area (Å²) in [5.74, 6) is -0.331. The maximum absolute atomic E-state index is 11.4. The van der Waals surface area contributed by atoms with Crippen LogP contribution in [-0.2, 0) is 9.53 Å². The third-order valence-corrected chi connectivity index (χ3v) is 2.84. The van der Waals surface area contributed by atoms with Crippen molar-refractivity contribution >= 4 is 5.97 Å². The van der Waals surface area contributed by atoms with Crippen molar-refractivity contribution in [2.75, 3.05) is 13.2 Å². The van der Waals surface area contributed by atoms with Crippen molar-refractivity contribution < 1.29 is 9.53 Å². The summed E-state index contributed by atoms with van der Waals surface area (Å²) in [4.78, 5) is 11.4. The fourth-order valence-corrected chi connectivity index (χ4v) is 1.76. The zero-order valence-electron chi connectivity index (χ0n) is 11.3. The summed E-state index contributed by atoms with van der Waals surface area (Å²) >= 11 is 0. The molecule has 0 aliphatic heterocycles. The standard InChI is InChI=1S/C15H21NO2/c1-5-18-15(17)12(3)10-16-13(4)14-9-7-6-8-11(14)2/h6-9,13,16H,3,5,10H2,1-2,4H3/t13-/m0/s1. The average molecular weight is 247 g/mol. The largest absolute Gasteiger partial charge is 0.463 e. The van der Waals surface area contributed by atoms with Gasteiger partial charge in [-0.2, -0.15) is 0 Å². The Kier molecular flexibility index (Phi) is 5.59. The Morgan fingerprint density at radius 1 is 1.44 bits per heavy atom. The Morgan fingerprint density at radius 3 is 2.72 bits per heavy atom. The molecule has 0 fully saturated rings. The Labute approximate surface area is 109 Å². The molecule has 0 heterocycles. The van der Waals surface area contributed by atoms with Gasteiger partial charge < -0.3 is 10.1 Å². The molecule has 3 nitrogen and oxygen atoms in total. The van der Waals surface area contributed by atoms with Crippen molar-refractivity contribution in [3.8, 4) is 0 Å². The molecule has 0 amide bonds. The summed E-state index contributed by atoms with van der Waals surface area (Å²) in [6.45, 7) is 10.5. The van der Waals surface area contributed by atoms with Gasteiger partial charge in [-0.25, -0.2) is 4.79 Å². The molecule has 0 saturated carbocycles. The Hall–Kier alpha value is -1.61. The number of hydrogen-bond donors (Lipinski definition) is 1. The Bertz CT molecular complexity index is 426. The third kappa shape index (κ3) is 4.00. The SMILES string of the molecule is C=C(CN[C@@H](C)c1ccccc1C)C(=O)OCC. The monoisotopic (exact) mass is 247 g/mol. The first-order valence-electron chi connectivity index (χ1n) is 6.20. The highest BCUT2D eigenvalue weighted by atomic mass is 16.5. The zero-order chi connectivity index (χ0) is 13.5. The first-order valence-corrected chi connectivity index (χ1v) is 6.20. The van der Waals surface area contributed by atoms with Gasteiger partial charge in [-0.1, -0.05) is 30.8 Å². The normalized spacial score (nSPS) is 11.9. The van der Waals surface area contributed by atoms with Gasteiger partial charge in [0.05, 0.1) is 6.61 Å². The van der Waals surface area contributed by atoms with E-state index in [4.69, 9.17) is 4.74 Å². The molecule has 0 spiro atoms. The smallest absolute Gasteiger partial charge is 0.334 e. The fraction of sp³-hybridized carbons (Fsp3) is 0.400. The summed E-state index contributed by atoms with van der Waals surface area (Å²) in [6, 6.07) is 8.37. The van der Waals surface area contributed by atoms with E-state index < -0.39 is 0 Å². The van der Waals surface area contributed by atoms with E-state index in [2.05, 4.69) is 37.9 Å². The molecule has 1 atom stereocenters. The molecule has 1 N–H and O–H groups in total. The van der Waals surface area contributed by atoms with E-state index in [-0.39, 0.29) is 12.0 Å². The highest BCUT2D eigenvalue weighted by Gasteiger charge is 2.11. The molecule has 18 heavy (non-hydrogen) atoms. The van der Waals surface area contributed by atoms with Crippen molar-refractivity contribution in [1.82, 2.24) is 5.32 Å². The van der Waals surface area contributed by atoms with Crippen LogP contribution >= 0.6 is 0 Å². The molecule has 0 aromatic heterocycles. The maximum atomic E-state index is 11.4. The molecule has 98 valence electrons. The second kappa shape index (κ2) is 6.97. The van der Waals surface area contributed by atoms with Crippen LogP contribution in [0.4, 0.5) is 0 Å². The van der Waals surface area contributed by atoms with Gasteiger partial charge in [0.15, 0.2) is 0 Å². The number of rotatable bonds is 6. The predicted octanol–water partition coefficient (Wildman–Crippen LogP) is 2.76. The summed E-state index contributed by atoms with van der Waals surface area (Å²) in [5.41, 5.74) is 2.92. The second-order valence-corrected chi connectivity index (χ2v) is 4.28. The molecule has 0 aliphatic rings. The number of hydrogen-bond acceptors (Lipinski definition) is 3. The van der Waals surface area contributed by atoms with Gasteiger partial charge in [-0.05, 0) is 31.9 Å². The average Bonchev–Trinajstić information content (AvgIpc) is 2.36. The van der Waals surface area contributed by atoms with Gasteiger partial charge in [0.25, 0.3) is 0 Å². The lowest BCUT2D eigenvalue weighted by Gasteiger charge is -2.17. The highest BCUT2D eigenvalue weighted by molar-refractivity contribution is 5.88. The van der Waals surface area contributed by atoms with E-state index in [1.54, 1.807) is 6.92 Å². The minimum atomic E-state index is -0.331. The molecule has 0 unspecified atom stereocenters. The topological polar surface area (TPSA) is 38.3 Å².